The lowest BCUT2D eigenvalue weighted by Crippen LogP contribution is -2.39. The topological polar surface area (TPSA) is 66.8 Å². The average Bonchev–Trinajstić information content (AvgIpc) is 3.27. The van der Waals surface area contributed by atoms with Crippen LogP contribution in [0.3, 0.4) is 0 Å². The first-order chi connectivity index (χ1) is 10.4. The number of benzene rings is 1. The summed E-state index contributed by atoms with van der Waals surface area (Å²) in [5, 5.41) is 8.82. The third-order valence-corrected chi connectivity index (χ3v) is 4.10. The second-order valence-electron chi connectivity index (χ2n) is 5.99. The number of carbonyl (C=O) groups excluding carboxylic acids is 1. The zero-order valence-corrected chi connectivity index (χ0v) is 13.3. The molecule has 1 fully saturated rings. The van der Waals surface area contributed by atoms with Gasteiger partial charge < -0.3 is 14.7 Å². The van der Waals surface area contributed by atoms with Crippen LogP contribution in [0.5, 0.6) is 5.75 Å². The van der Waals surface area contributed by atoms with Crippen LogP contribution in [0.4, 0.5) is 0 Å². The van der Waals surface area contributed by atoms with Crippen molar-refractivity contribution in [1.29, 1.82) is 0 Å². The number of rotatable bonds is 7. The zero-order valence-electron chi connectivity index (χ0n) is 13.3. The predicted octanol–water partition coefficient (Wildman–Crippen LogP) is 2.51. The molecule has 0 radical (unpaired) electrons. The molecule has 5 nitrogen and oxygen atoms in total. The Morgan fingerprint density at radius 3 is 2.73 bits per heavy atom. The number of hydrogen-bond donors (Lipinski definition) is 1. The van der Waals surface area contributed by atoms with Crippen LogP contribution in [0.1, 0.15) is 38.2 Å². The highest BCUT2D eigenvalue weighted by molar-refractivity contribution is 5.83. The zero-order chi connectivity index (χ0) is 16.3. The first kappa shape index (κ1) is 16.3. The maximum Gasteiger partial charge on any atom is 0.305 e. The van der Waals surface area contributed by atoms with Gasteiger partial charge in [0.15, 0.2) is 0 Å². The molecule has 0 saturated heterocycles. The Kier molecular flexibility index (Phi) is 5.06. The van der Waals surface area contributed by atoms with Crippen molar-refractivity contribution in [3.63, 3.8) is 0 Å². The fourth-order valence-corrected chi connectivity index (χ4v) is 2.76. The van der Waals surface area contributed by atoms with Gasteiger partial charge in [-0.15, -0.1) is 0 Å². The predicted molar refractivity (Wildman–Crippen MR) is 82.9 cm³/mol. The van der Waals surface area contributed by atoms with Crippen molar-refractivity contribution in [2.24, 2.45) is 5.92 Å². The van der Waals surface area contributed by atoms with Gasteiger partial charge in [-0.2, -0.15) is 0 Å². The van der Waals surface area contributed by atoms with Gasteiger partial charge in [-0.1, -0.05) is 12.1 Å². The molecule has 22 heavy (non-hydrogen) atoms. The second-order valence-corrected chi connectivity index (χ2v) is 5.99. The summed E-state index contributed by atoms with van der Waals surface area (Å²) in [5.74, 6) is 0.154. The number of carbonyl (C=O) groups is 2. The Morgan fingerprint density at radius 1 is 1.41 bits per heavy atom. The van der Waals surface area contributed by atoms with Crippen LogP contribution < -0.4 is 4.74 Å². The lowest BCUT2D eigenvalue weighted by molar-refractivity contribution is -0.139. The Hall–Kier alpha value is -2.04. The van der Waals surface area contributed by atoms with Gasteiger partial charge in [0.25, 0.3) is 0 Å². The highest BCUT2D eigenvalue weighted by atomic mass is 16.5. The monoisotopic (exact) mass is 305 g/mol. The summed E-state index contributed by atoms with van der Waals surface area (Å²) in [7, 11) is 1.63. The van der Waals surface area contributed by atoms with Crippen molar-refractivity contribution in [2.45, 2.75) is 38.6 Å². The molecule has 1 aromatic carbocycles. The minimum Gasteiger partial charge on any atom is -0.497 e. The molecule has 2 atom stereocenters. The van der Waals surface area contributed by atoms with E-state index in [4.69, 9.17) is 9.84 Å². The van der Waals surface area contributed by atoms with Crippen LogP contribution in [-0.4, -0.2) is 41.6 Å². The van der Waals surface area contributed by atoms with Crippen molar-refractivity contribution < 1.29 is 19.4 Å². The van der Waals surface area contributed by atoms with Gasteiger partial charge in [0.1, 0.15) is 5.75 Å². The molecule has 1 amide bonds. The summed E-state index contributed by atoms with van der Waals surface area (Å²) in [6.07, 6.45) is 0.808. The van der Waals surface area contributed by atoms with Crippen molar-refractivity contribution in [3.8, 4) is 5.75 Å². The normalized spacial score (nSPS) is 19.8. The molecule has 0 bridgehead atoms. The molecule has 120 valence electrons. The van der Waals surface area contributed by atoms with Crippen LogP contribution in [0.2, 0.25) is 0 Å². The molecule has 1 aromatic rings. The summed E-state index contributed by atoms with van der Waals surface area (Å²) in [4.78, 5) is 25.0. The number of aliphatic carboxylic acids is 1. The van der Waals surface area contributed by atoms with Gasteiger partial charge in [-0.05, 0) is 43.9 Å². The maximum absolute atomic E-state index is 12.6. The van der Waals surface area contributed by atoms with E-state index in [1.165, 1.54) is 0 Å². The number of ether oxygens (including phenoxy) is 1. The van der Waals surface area contributed by atoms with Crippen LogP contribution in [-0.2, 0) is 9.59 Å². The van der Waals surface area contributed by atoms with Crippen molar-refractivity contribution in [3.05, 3.63) is 29.8 Å². The van der Waals surface area contributed by atoms with Gasteiger partial charge in [0, 0.05) is 18.5 Å². The number of amides is 1. The van der Waals surface area contributed by atoms with Crippen molar-refractivity contribution in [1.82, 2.24) is 4.90 Å². The number of carboxylic acid groups (broad SMARTS) is 1. The third kappa shape index (κ3) is 3.78. The largest absolute Gasteiger partial charge is 0.497 e. The van der Waals surface area contributed by atoms with Gasteiger partial charge in [-0.3, -0.25) is 9.59 Å². The van der Waals surface area contributed by atoms with Crippen molar-refractivity contribution in [2.75, 3.05) is 13.7 Å². The summed E-state index contributed by atoms with van der Waals surface area (Å²) in [6, 6.07) is 7.81. The van der Waals surface area contributed by atoms with Gasteiger partial charge in [-0.25, -0.2) is 0 Å². The maximum atomic E-state index is 12.6. The molecule has 2 unspecified atom stereocenters. The van der Waals surface area contributed by atoms with E-state index < -0.39 is 5.97 Å². The summed E-state index contributed by atoms with van der Waals surface area (Å²) in [5.41, 5.74) is 1.11. The van der Waals surface area contributed by atoms with Gasteiger partial charge >= 0.3 is 5.97 Å². The van der Waals surface area contributed by atoms with E-state index >= 15 is 0 Å². The summed E-state index contributed by atoms with van der Waals surface area (Å²) in [6.45, 7) is 4.11. The van der Waals surface area contributed by atoms with E-state index in [1.54, 1.807) is 12.0 Å². The summed E-state index contributed by atoms with van der Waals surface area (Å²) >= 11 is 0. The lowest BCUT2D eigenvalue weighted by Gasteiger charge is -2.26. The van der Waals surface area contributed by atoms with Crippen LogP contribution in [0.15, 0.2) is 24.3 Å². The molecule has 1 saturated carbocycles. The number of methoxy groups -OCH3 is 1. The molecule has 0 spiro atoms. The highest BCUT2D eigenvalue weighted by Gasteiger charge is 2.46. The smallest absolute Gasteiger partial charge is 0.305 e. The summed E-state index contributed by atoms with van der Waals surface area (Å²) < 4.78 is 5.22. The number of nitrogens with zero attached hydrogens (tertiary/aromatic N) is 1. The molecule has 1 aliphatic carbocycles. The SMILES string of the molecule is COc1cccc(C2CC2C(=O)N(CCC(=O)O)C(C)C)c1. The molecule has 0 aliphatic heterocycles. The standard InChI is InChI=1S/C17H23NO4/c1-11(2)18(8-7-16(19)20)17(21)15-10-14(15)12-5-4-6-13(9-12)22-3/h4-6,9,11,14-15H,7-8,10H2,1-3H3,(H,19,20). The Labute approximate surface area is 130 Å². The van der Waals surface area contributed by atoms with Gasteiger partial charge in [0.2, 0.25) is 5.91 Å². The van der Waals surface area contributed by atoms with E-state index in [1.807, 2.05) is 38.1 Å². The minimum atomic E-state index is -0.876. The minimum absolute atomic E-state index is 0.0124. The van der Waals surface area contributed by atoms with Crippen LogP contribution in [0.25, 0.3) is 0 Å². The second kappa shape index (κ2) is 6.81. The lowest BCUT2D eigenvalue weighted by atomic mass is 10.1. The first-order valence-electron chi connectivity index (χ1n) is 7.60. The van der Waals surface area contributed by atoms with Crippen molar-refractivity contribution >= 4 is 11.9 Å². The quantitative estimate of drug-likeness (QED) is 0.840. The molecule has 2 rings (SSSR count). The number of carboxylic acids is 1. The molecular formula is C17H23NO4. The third-order valence-electron chi connectivity index (χ3n) is 4.10. The number of hydrogen-bond acceptors (Lipinski definition) is 3. The molecule has 0 aromatic heterocycles. The van der Waals surface area contributed by atoms with Crippen LogP contribution in [0, 0.1) is 5.92 Å². The van der Waals surface area contributed by atoms with E-state index in [0.29, 0.717) is 0 Å². The molecule has 1 N–H and O–H groups in total. The molecule has 5 heteroatoms. The van der Waals surface area contributed by atoms with E-state index in [-0.39, 0.29) is 36.8 Å². The van der Waals surface area contributed by atoms with E-state index in [9.17, 15) is 9.59 Å². The average molecular weight is 305 g/mol. The van der Waals surface area contributed by atoms with Crippen LogP contribution >= 0.6 is 0 Å². The Bertz CT molecular complexity index is 555. The molecule has 0 heterocycles. The van der Waals surface area contributed by atoms with E-state index in [2.05, 4.69) is 0 Å². The Balaban J connectivity index is 2.02. The Morgan fingerprint density at radius 2 is 2.14 bits per heavy atom. The van der Waals surface area contributed by atoms with Gasteiger partial charge in [0.05, 0.1) is 13.5 Å². The first-order valence-corrected chi connectivity index (χ1v) is 7.60. The molecule has 1 aliphatic rings. The van der Waals surface area contributed by atoms with E-state index in [0.717, 1.165) is 17.7 Å². The highest BCUT2D eigenvalue weighted by Crippen LogP contribution is 2.49. The molecular weight excluding hydrogens is 282 g/mol. The fraction of sp³-hybridized carbons (Fsp3) is 0.529. The fourth-order valence-electron chi connectivity index (χ4n) is 2.76.